The predicted octanol–water partition coefficient (Wildman–Crippen LogP) is 4.12. The van der Waals surface area contributed by atoms with E-state index in [9.17, 15) is 0 Å². The summed E-state index contributed by atoms with van der Waals surface area (Å²) in [6.07, 6.45) is 9.01. The van der Waals surface area contributed by atoms with E-state index in [1.807, 2.05) is 6.26 Å². The molecule has 92 valence electrons. The van der Waals surface area contributed by atoms with Crippen LogP contribution >= 0.6 is 0 Å². The second-order valence-electron chi connectivity index (χ2n) is 5.53. The highest BCUT2D eigenvalue weighted by Gasteiger charge is 2.35. The van der Waals surface area contributed by atoms with Crippen LogP contribution in [0.15, 0.2) is 34.8 Å². The summed E-state index contributed by atoms with van der Waals surface area (Å²) in [5, 5.41) is 0. The molecule has 1 aromatic rings. The van der Waals surface area contributed by atoms with Crippen molar-refractivity contribution in [2.75, 3.05) is 0 Å². The van der Waals surface area contributed by atoms with Crippen molar-refractivity contribution in [1.82, 2.24) is 4.90 Å². The molecule has 3 rings (SSSR count). The average Bonchev–Trinajstić information content (AvgIpc) is 2.88. The summed E-state index contributed by atoms with van der Waals surface area (Å²) in [5.74, 6) is 0.696. The molecule has 1 fully saturated rings. The van der Waals surface area contributed by atoms with Gasteiger partial charge >= 0.3 is 0 Å². The number of hydrogen-bond donors (Lipinski definition) is 0. The lowest BCUT2D eigenvalue weighted by Gasteiger charge is -2.47. The molecule has 2 aliphatic rings. The highest BCUT2D eigenvalue weighted by atomic mass is 16.3. The average molecular weight is 232 g/mol. The van der Waals surface area contributed by atoms with Crippen molar-refractivity contribution >= 4 is 0 Å². The van der Waals surface area contributed by atoms with E-state index in [1.165, 1.54) is 24.0 Å². The van der Waals surface area contributed by atoms with E-state index in [0.717, 1.165) is 19.0 Å². The van der Waals surface area contributed by atoms with Crippen molar-refractivity contribution in [3.05, 3.63) is 35.9 Å². The van der Waals surface area contributed by atoms with Crippen molar-refractivity contribution in [2.24, 2.45) is 5.92 Å². The molecule has 3 heterocycles. The molecule has 17 heavy (non-hydrogen) atoms. The fraction of sp³-hybridized carbons (Fsp3) is 0.600. The van der Waals surface area contributed by atoms with Gasteiger partial charge in [-0.1, -0.05) is 12.5 Å². The van der Waals surface area contributed by atoms with Crippen molar-refractivity contribution in [3.8, 4) is 0 Å². The summed E-state index contributed by atoms with van der Waals surface area (Å²) in [4.78, 5) is 2.35. The zero-order valence-corrected chi connectivity index (χ0v) is 10.6. The number of fused-ring (bicyclic) bond motifs is 1. The van der Waals surface area contributed by atoms with Crippen LogP contribution in [-0.4, -0.2) is 10.9 Å². The molecular formula is C15H21NO. The lowest BCUT2D eigenvalue weighted by atomic mass is 9.80. The number of nitrogens with zero attached hydrogens (tertiary/aromatic N) is 1. The fourth-order valence-electron chi connectivity index (χ4n) is 3.27. The number of furan rings is 1. The molecule has 0 aliphatic carbocycles. The first-order valence-electron chi connectivity index (χ1n) is 7.15. The van der Waals surface area contributed by atoms with Gasteiger partial charge in [-0.3, -0.25) is 0 Å². The maximum absolute atomic E-state index is 8.40. The normalized spacial score (nSPS) is 34.6. The molecular weight excluding hydrogens is 210 g/mol. The first-order chi connectivity index (χ1) is 8.68. The number of piperidine rings is 1. The Morgan fingerprint density at radius 2 is 2.29 bits per heavy atom. The van der Waals surface area contributed by atoms with Gasteiger partial charge in [-0.2, -0.15) is 0 Å². The smallest absolute Gasteiger partial charge is 0.0955 e. The van der Waals surface area contributed by atoms with Crippen molar-refractivity contribution in [1.29, 1.82) is 0 Å². The third-order valence-electron chi connectivity index (χ3n) is 4.31. The maximum atomic E-state index is 8.40. The summed E-state index contributed by atoms with van der Waals surface area (Å²) >= 11 is 0. The minimum atomic E-state index is 0.340. The van der Waals surface area contributed by atoms with Gasteiger partial charge in [0.15, 0.2) is 0 Å². The van der Waals surface area contributed by atoms with E-state index in [1.54, 1.807) is 6.26 Å². The van der Waals surface area contributed by atoms with Crippen molar-refractivity contribution < 1.29 is 5.79 Å². The molecule has 2 aliphatic heterocycles. The summed E-state index contributed by atoms with van der Waals surface area (Å²) < 4.78 is 13.6. The molecule has 3 atom stereocenters. The van der Waals surface area contributed by atoms with E-state index in [4.69, 9.17) is 5.79 Å². The van der Waals surface area contributed by atoms with E-state index >= 15 is 0 Å². The summed E-state index contributed by atoms with van der Waals surface area (Å²) in [6.45, 7) is 4.43. The van der Waals surface area contributed by atoms with Crippen LogP contribution in [0.4, 0.5) is 0 Å². The third-order valence-corrected chi connectivity index (χ3v) is 4.31. The van der Waals surface area contributed by atoms with Crippen LogP contribution in [0.5, 0.6) is 0 Å². The van der Waals surface area contributed by atoms with Crippen LogP contribution < -0.4 is 0 Å². The van der Waals surface area contributed by atoms with Gasteiger partial charge in [0, 0.05) is 11.6 Å². The first kappa shape index (κ1) is 9.81. The summed E-state index contributed by atoms with van der Waals surface area (Å²) in [6, 6.07) is 2.93. The van der Waals surface area contributed by atoms with Crippen LogP contribution in [0.3, 0.4) is 0 Å². The minimum absolute atomic E-state index is 0.340. The van der Waals surface area contributed by atoms with Crippen molar-refractivity contribution in [3.63, 3.8) is 0 Å². The van der Waals surface area contributed by atoms with Crippen LogP contribution in [0.25, 0.3) is 0 Å². The van der Waals surface area contributed by atoms with Gasteiger partial charge in [-0.05, 0) is 50.8 Å². The Labute approximate surface area is 105 Å². The van der Waals surface area contributed by atoms with E-state index in [2.05, 4.69) is 24.8 Å². The van der Waals surface area contributed by atoms with Gasteiger partial charge in [-0.25, -0.2) is 0 Å². The van der Waals surface area contributed by atoms with Crippen LogP contribution in [0.1, 0.15) is 52.5 Å². The predicted molar refractivity (Wildman–Crippen MR) is 68.5 cm³/mol. The SMILES string of the molecule is [2H]C1=C(C)CC[C@H]2[C@H](C)CC[C@@H](c3ccoc3)N12. The fourth-order valence-corrected chi connectivity index (χ4v) is 3.27. The molecule has 0 unspecified atom stereocenters. The van der Waals surface area contributed by atoms with Gasteiger partial charge < -0.3 is 9.32 Å². The topological polar surface area (TPSA) is 16.4 Å². The standard InChI is InChI=1S/C15H21NO/c1-11-3-5-14-12(2)4-6-15(16(14)9-11)13-7-8-17-10-13/h7-10,12,14-15H,3-6H2,1-2H3/t12-,14+,15+/m1/s1/i9D. The van der Waals surface area contributed by atoms with Crippen molar-refractivity contribution in [2.45, 2.75) is 51.6 Å². The summed E-state index contributed by atoms with van der Waals surface area (Å²) in [7, 11) is 0. The molecule has 1 aromatic heterocycles. The largest absolute Gasteiger partial charge is 0.472 e. The Bertz CT molecular complexity index is 451. The number of hydrogen-bond acceptors (Lipinski definition) is 2. The van der Waals surface area contributed by atoms with E-state index < -0.39 is 0 Å². The van der Waals surface area contributed by atoms with E-state index in [0.29, 0.717) is 18.0 Å². The summed E-state index contributed by atoms with van der Waals surface area (Å²) in [5.41, 5.74) is 2.46. The van der Waals surface area contributed by atoms with Gasteiger partial charge in [0.25, 0.3) is 0 Å². The third kappa shape index (κ3) is 1.90. The first-order valence-corrected chi connectivity index (χ1v) is 6.65. The monoisotopic (exact) mass is 232 g/mol. The van der Waals surface area contributed by atoms with Gasteiger partial charge in [0.1, 0.15) is 0 Å². The molecule has 0 saturated carbocycles. The molecule has 0 spiro atoms. The Kier molecular flexibility index (Phi) is 2.45. The highest BCUT2D eigenvalue weighted by Crippen LogP contribution is 2.41. The molecule has 2 heteroatoms. The van der Waals surface area contributed by atoms with Gasteiger partial charge in [-0.15, -0.1) is 0 Å². The van der Waals surface area contributed by atoms with E-state index in [-0.39, 0.29) is 0 Å². The lowest BCUT2D eigenvalue weighted by molar-refractivity contribution is 0.0773. The van der Waals surface area contributed by atoms with Crippen LogP contribution in [0.2, 0.25) is 0 Å². The molecule has 0 aromatic carbocycles. The van der Waals surface area contributed by atoms with Gasteiger partial charge in [0.2, 0.25) is 0 Å². The maximum Gasteiger partial charge on any atom is 0.0955 e. The van der Waals surface area contributed by atoms with Crippen LogP contribution in [0, 0.1) is 5.92 Å². The molecule has 0 N–H and O–H groups in total. The van der Waals surface area contributed by atoms with Crippen LogP contribution in [-0.2, 0) is 0 Å². The number of rotatable bonds is 1. The Morgan fingerprint density at radius 3 is 3.06 bits per heavy atom. The quantitative estimate of drug-likeness (QED) is 0.724. The Hall–Kier alpha value is -1.18. The second kappa shape index (κ2) is 4.25. The minimum Gasteiger partial charge on any atom is -0.472 e. The molecule has 1 saturated heterocycles. The molecule has 2 nitrogen and oxygen atoms in total. The molecule has 0 amide bonds. The zero-order valence-electron chi connectivity index (χ0n) is 11.6. The Morgan fingerprint density at radius 1 is 1.41 bits per heavy atom. The molecule has 0 radical (unpaired) electrons. The Balaban J connectivity index is 1.98. The lowest BCUT2D eigenvalue weighted by Crippen LogP contribution is -2.44. The second-order valence-corrected chi connectivity index (χ2v) is 5.53. The zero-order chi connectivity index (χ0) is 12.7. The number of allylic oxidation sites excluding steroid dienone is 1. The highest BCUT2D eigenvalue weighted by molar-refractivity contribution is 5.18. The van der Waals surface area contributed by atoms with Gasteiger partial charge in [0.05, 0.1) is 19.9 Å². The molecule has 0 bridgehead atoms.